The lowest BCUT2D eigenvalue weighted by atomic mass is 10.0. The number of ether oxygens (including phenoxy) is 1. The first kappa shape index (κ1) is 19.2. The summed E-state index contributed by atoms with van der Waals surface area (Å²) in [5, 5.41) is 9.96. The molecule has 6 nitrogen and oxygen atoms in total. The van der Waals surface area contributed by atoms with E-state index in [0.29, 0.717) is 27.6 Å². The molecule has 0 saturated carbocycles. The van der Waals surface area contributed by atoms with Crippen molar-refractivity contribution in [1.29, 1.82) is 0 Å². The van der Waals surface area contributed by atoms with Gasteiger partial charge >= 0.3 is 5.95 Å². The first-order chi connectivity index (χ1) is 13.9. The van der Waals surface area contributed by atoms with E-state index < -0.39 is 10.0 Å². The van der Waals surface area contributed by atoms with E-state index in [2.05, 4.69) is 5.16 Å². The largest absolute Gasteiger partial charge is 0.424 e. The Kier molecular flexibility index (Phi) is 5.10. The van der Waals surface area contributed by atoms with Gasteiger partial charge in [0.15, 0.2) is 0 Å². The van der Waals surface area contributed by atoms with Gasteiger partial charge in [-0.3, -0.25) is 0 Å². The van der Waals surface area contributed by atoms with Crippen molar-refractivity contribution in [3.8, 4) is 34.1 Å². The van der Waals surface area contributed by atoms with Crippen LogP contribution in [0.15, 0.2) is 88.3 Å². The van der Waals surface area contributed by atoms with Crippen LogP contribution < -0.4 is 9.88 Å². The van der Waals surface area contributed by atoms with Gasteiger partial charge in [0.2, 0.25) is 10.0 Å². The van der Waals surface area contributed by atoms with E-state index in [1.165, 1.54) is 12.1 Å². The molecular formula is C21H15ClN2O4S. The summed E-state index contributed by atoms with van der Waals surface area (Å²) >= 11 is 5.93. The lowest BCUT2D eigenvalue weighted by molar-refractivity contribution is 0.292. The molecule has 0 spiro atoms. The quantitative estimate of drug-likeness (QED) is 0.478. The van der Waals surface area contributed by atoms with Crippen LogP contribution in [0.4, 0.5) is 0 Å². The van der Waals surface area contributed by atoms with E-state index in [0.717, 1.165) is 5.56 Å². The molecule has 4 rings (SSSR count). The lowest BCUT2D eigenvalue weighted by Crippen LogP contribution is -2.11. The molecule has 0 saturated heterocycles. The molecule has 146 valence electrons. The number of nitrogens with zero attached hydrogens (tertiary/aromatic N) is 1. The summed E-state index contributed by atoms with van der Waals surface area (Å²) in [5.74, 6) is 0.696. The zero-order valence-electron chi connectivity index (χ0n) is 14.9. The highest BCUT2D eigenvalue weighted by atomic mass is 35.5. The minimum absolute atomic E-state index is 0.0131. The Morgan fingerprint density at radius 3 is 2.14 bits per heavy atom. The predicted octanol–water partition coefficient (Wildman–Crippen LogP) is 5.10. The standard InChI is InChI=1S/C21H15ClN2O4S/c22-16-8-10-17(11-9-16)27-21-19(14-6-12-18(13-7-14)29(23,25)26)20(24-28-21)15-4-2-1-3-5-15/h1-13H,(H2,23,25,26). The van der Waals surface area contributed by atoms with Crippen LogP contribution in [0.1, 0.15) is 0 Å². The SMILES string of the molecule is NS(=O)(=O)c1ccc(-c2c(-c3ccccc3)noc2Oc2ccc(Cl)cc2)cc1. The number of primary sulfonamides is 1. The third kappa shape index (κ3) is 4.17. The van der Waals surface area contributed by atoms with Crippen LogP contribution in [-0.4, -0.2) is 13.6 Å². The average molecular weight is 427 g/mol. The fraction of sp³-hybridized carbons (Fsp3) is 0. The molecule has 0 aliphatic rings. The van der Waals surface area contributed by atoms with Crippen LogP contribution in [0.2, 0.25) is 5.02 Å². The lowest BCUT2D eigenvalue weighted by Gasteiger charge is -2.07. The highest BCUT2D eigenvalue weighted by molar-refractivity contribution is 7.89. The van der Waals surface area contributed by atoms with Crippen LogP contribution in [0.5, 0.6) is 11.7 Å². The van der Waals surface area contributed by atoms with Gasteiger partial charge in [0.05, 0.1) is 10.5 Å². The molecule has 0 atom stereocenters. The third-order valence-corrected chi connectivity index (χ3v) is 5.38. The van der Waals surface area contributed by atoms with E-state index in [4.69, 9.17) is 26.0 Å². The summed E-state index contributed by atoms with van der Waals surface area (Å²) < 4.78 is 34.5. The van der Waals surface area contributed by atoms with Gasteiger partial charge in [0.1, 0.15) is 11.4 Å². The minimum Gasteiger partial charge on any atom is -0.424 e. The molecule has 2 N–H and O–H groups in total. The molecule has 29 heavy (non-hydrogen) atoms. The second-order valence-electron chi connectivity index (χ2n) is 6.19. The minimum atomic E-state index is -3.80. The Bertz CT molecular complexity index is 1240. The van der Waals surface area contributed by atoms with Crippen molar-refractivity contribution in [3.05, 3.63) is 83.9 Å². The first-order valence-corrected chi connectivity index (χ1v) is 10.5. The van der Waals surface area contributed by atoms with Gasteiger partial charge in [-0.2, -0.15) is 0 Å². The molecule has 0 radical (unpaired) electrons. The van der Waals surface area contributed by atoms with Gasteiger partial charge in [0, 0.05) is 10.6 Å². The number of nitrogens with two attached hydrogens (primary N) is 1. The van der Waals surface area contributed by atoms with Gasteiger partial charge in [-0.05, 0) is 42.0 Å². The molecular weight excluding hydrogens is 412 g/mol. The Hall–Kier alpha value is -3.13. The maximum absolute atomic E-state index is 11.6. The van der Waals surface area contributed by atoms with Crippen molar-refractivity contribution in [2.24, 2.45) is 5.14 Å². The topological polar surface area (TPSA) is 95.4 Å². The Morgan fingerprint density at radius 2 is 1.52 bits per heavy atom. The fourth-order valence-corrected chi connectivity index (χ4v) is 3.45. The molecule has 0 amide bonds. The number of halogens is 1. The van der Waals surface area contributed by atoms with Gasteiger partial charge in [-0.1, -0.05) is 59.2 Å². The highest BCUT2D eigenvalue weighted by Gasteiger charge is 2.22. The summed E-state index contributed by atoms with van der Waals surface area (Å²) in [7, 11) is -3.80. The van der Waals surface area contributed by atoms with E-state index in [1.807, 2.05) is 30.3 Å². The van der Waals surface area contributed by atoms with Crippen molar-refractivity contribution in [2.45, 2.75) is 4.90 Å². The molecule has 4 aromatic rings. The van der Waals surface area contributed by atoms with Crippen molar-refractivity contribution < 1.29 is 17.7 Å². The average Bonchev–Trinajstić information content (AvgIpc) is 3.13. The Labute approximate surface area is 172 Å². The number of hydrogen-bond acceptors (Lipinski definition) is 5. The number of benzene rings is 3. The summed E-state index contributed by atoms with van der Waals surface area (Å²) in [6.45, 7) is 0. The van der Waals surface area contributed by atoms with Gasteiger partial charge in [-0.25, -0.2) is 13.6 Å². The van der Waals surface area contributed by atoms with E-state index in [-0.39, 0.29) is 10.8 Å². The van der Waals surface area contributed by atoms with Crippen LogP contribution in [0.25, 0.3) is 22.4 Å². The molecule has 8 heteroatoms. The summed E-state index contributed by atoms with van der Waals surface area (Å²) in [5.41, 5.74) is 2.65. The van der Waals surface area contributed by atoms with Crippen molar-refractivity contribution in [1.82, 2.24) is 5.16 Å². The van der Waals surface area contributed by atoms with Crippen LogP contribution in [-0.2, 0) is 10.0 Å². The first-order valence-electron chi connectivity index (χ1n) is 8.53. The molecule has 1 aromatic heterocycles. The maximum atomic E-state index is 11.6. The zero-order chi connectivity index (χ0) is 20.4. The van der Waals surface area contributed by atoms with E-state index in [9.17, 15) is 8.42 Å². The highest BCUT2D eigenvalue weighted by Crippen LogP contribution is 2.41. The summed E-state index contributed by atoms with van der Waals surface area (Å²) in [4.78, 5) is 0.0131. The number of hydrogen-bond donors (Lipinski definition) is 1. The number of rotatable bonds is 5. The van der Waals surface area contributed by atoms with Crippen molar-refractivity contribution in [2.75, 3.05) is 0 Å². The normalized spacial score (nSPS) is 11.4. The molecule has 0 aliphatic carbocycles. The van der Waals surface area contributed by atoms with E-state index in [1.54, 1.807) is 36.4 Å². The second-order valence-corrected chi connectivity index (χ2v) is 8.18. The summed E-state index contributed by atoms with van der Waals surface area (Å²) in [6, 6.07) is 22.4. The van der Waals surface area contributed by atoms with Gasteiger partial charge in [-0.15, -0.1) is 0 Å². The smallest absolute Gasteiger partial charge is 0.325 e. The molecule has 0 aliphatic heterocycles. The van der Waals surface area contributed by atoms with Crippen molar-refractivity contribution in [3.63, 3.8) is 0 Å². The van der Waals surface area contributed by atoms with Gasteiger partial charge in [0.25, 0.3) is 0 Å². The molecule has 0 fully saturated rings. The Balaban J connectivity index is 1.82. The predicted molar refractivity (Wildman–Crippen MR) is 110 cm³/mol. The van der Waals surface area contributed by atoms with Crippen LogP contribution in [0, 0.1) is 0 Å². The number of aromatic nitrogens is 1. The molecule has 0 bridgehead atoms. The number of sulfonamides is 1. The monoisotopic (exact) mass is 426 g/mol. The summed E-state index contributed by atoms with van der Waals surface area (Å²) in [6.07, 6.45) is 0. The van der Waals surface area contributed by atoms with Crippen molar-refractivity contribution >= 4 is 21.6 Å². The van der Waals surface area contributed by atoms with Gasteiger partial charge < -0.3 is 9.26 Å². The maximum Gasteiger partial charge on any atom is 0.325 e. The molecule has 3 aromatic carbocycles. The third-order valence-electron chi connectivity index (χ3n) is 4.20. The van der Waals surface area contributed by atoms with E-state index >= 15 is 0 Å². The fourth-order valence-electron chi connectivity index (χ4n) is 2.81. The zero-order valence-corrected chi connectivity index (χ0v) is 16.5. The second kappa shape index (κ2) is 7.71. The molecule has 0 unspecified atom stereocenters. The Morgan fingerprint density at radius 1 is 0.862 bits per heavy atom. The molecule has 1 heterocycles. The van der Waals surface area contributed by atoms with Crippen LogP contribution >= 0.6 is 11.6 Å². The van der Waals surface area contributed by atoms with Crippen LogP contribution in [0.3, 0.4) is 0 Å².